The van der Waals surface area contributed by atoms with Crippen LogP contribution < -0.4 is 5.32 Å². The second kappa shape index (κ2) is 10.1. The van der Waals surface area contributed by atoms with Gasteiger partial charge in [-0.2, -0.15) is 0 Å². The van der Waals surface area contributed by atoms with E-state index in [1.54, 1.807) is 0 Å². The van der Waals surface area contributed by atoms with Crippen molar-refractivity contribution in [2.45, 2.75) is 32.5 Å². The fourth-order valence-electron chi connectivity index (χ4n) is 1.82. The second-order valence-corrected chi connectivity index (χ2v) is 4.89. The van der Waals surface area contributed by atoms with Crippen LogP contribution in [0.15, 0.2) is 0 Å². The number of aliphatic hydroxyl groups is 2. The normalized spacial score (nSPS) is 23.5. The van der Waals surface area contributed by atoms with Crippen molar-refractivity contribution in [3.8, 4) is 0 Å². The molecular formula is C13H23NO8. The van der Waals surface area contributed by atoms with E-state index < -0.39 is 24.1 Å². The Morgan fingerprint density at radius 2 is 1.68 bits per heavy atom. The molecule has 1 rings (SSSR count). The van der Waals surface area contributed by atoms with Crippen LogP contribution in [0.5, 0.6) is 0 Å². The average Bonchev–Trinajstić information content (AvgIpc) is 2.46. The number of hydrogen-bond donors (Lipinski definition) is 5. The van der Waals surface area contributed by atoms with Crippen molar-refractivity contribution < 1.29 is 39.5 Å². The molecule has 0 radical (unpaired) electrons. The molecule has 0 unspecified atom stereocenters. The number of aliphatic hydroxyl groups excluding tert-OH is 2. The minimum atomic E-state index is -2.27. The number of ether oxygens (including phenoxy) is 1. The third-order valence-corrected chi connectivity index (χ3v) is 3.22. The van der Waals surface area contributed by atoms with Gasteiger partial charge >= 0.3 is 17.9 Å². The quantitative estimate of drug-likeness (QED) is 0.388. The Balaban J connectivity index is 0.000000409. The van der Waals surface area contributed by atoms with Crippen LogP contribution >= 0.6 is 0 Å². The number of carbonyl (C=O) groups is 3. The van der Waals surface area contributed by atoms with E-state index in [1.807, 2.05) is 6.92 Å². The molecule has 1 aliphatic heterocycles. The van der Waals surface area contributed by atoms with E-state index in [0.717, 1.165) is 19.5 Å². The van der Waals surface area contributed by atoms with Gasteiger partial charge in [-0.3, -0.25) is 4.79 Å². The third-order valence-electron chi connectivity index (χ3n) is 3.22. The molecule has 9 nitrogen and oxygen atoms in total. The maximum absolute atomic E-state index is 11.3. The number of carboxylic acids is 2. The van der Waals surface area contributed by atoms with E-state index in [1.165, 1.54) is 0 Å². The van der Waals surface area contributed by atoms with Gasteiger partial charge in [0.05, 0.1) is 12.5 Å². The maximum Gasteiger partial charge on any atom is 0.335 e. The summed E-state index contributed by atoms with van der Waals surface area (Å²) in [6.07, 6.45) is -3.46. The topological polar surface area (TPSA) is 153 Å². The molecule has 0 aromatic rings. The van der Waals surface area contributed by atoms with Crippen LogP contribution in [-0.4, -0.2) is 70.2 Å². The number of piperidine rings is 1. The van der Waals surface area contributed by atoms with Crippen molar-refractivity contribution in [2.24, 2.45) is 11.8 Å². The van der Waals surface area contributed by atoms with Gasteiger partial charge < -0.3 is 30.5 Å². The molecule has 0 saturated carbocycles. The van der Waals surface area contributed by atoms with E-state index in [2.05, 4.69) is 12.2 Å². The minimum absolute atomic E-state index is 0.0443. The summed E-state index contributed by atoms with van der Waals surface area (Å²) in [5.41, 5.74) is 0. The van der Waals surface area contributed by atoms with E-state index in [-0.39, 0.29) is 11.9 Å². The summed E-state index contributed by atoms with van der Waals surface area (Å²) < 4.78 is 4.97. The van der Waals surface area contributed by atoms with Gasteiger partial charge in [-0.05, 0) is 25.8 Å². The van der Waals surface area contributed by atoms with Gasteiger partial charge in [-0.25, -0.2) is 9.59 Å². The molecule has 22 heavy (non-hydrogen) atoms. The number of carboxylic acid groups (broad SMARTS) is 2. The second-order valence-electron chi connectivity index (χ2n) is 4.89. The monoisotopic (exact) mass is 321 g/mol. The van der Waals surface area contributed by atoms with Gasteiger partial charge in [0.25, 0.3) is 0 Å². The Kier molecular flexibility index (Phi) is 9.31. The number of hydrogen-bond acceptors (Lipinski definition) is 7. The zero-order valence-electron chi connectivity index (χ0n) is 12.6. The number of aliphatic carboxylic acids is 2. The predicted molar refractivity (Wildman–Crippen MR) is 74.1 cm³/mol. The van der Waals surface area contributed by atoms with Gasteiger partial charge in [0.2, 0.25) is 0 Å². The first-order valence-corrected chi connectivity index (χ1v) is 6.91. The summed E-state index contributed by atoms with van der Waals surface area (Å²) in [4.78, 5) is 30.9. The van der Waals surface area contributed by atoms with E-state index in [4.69, 9.17) is 25.2 Å². The zero-order chi connectivity index (χ0) is 17.3. The lowest BCUT2D eigenvalue weighted by Gasteiger charge is -2.27. The smallest absolute Gasteiger partial charge is 0.335 e. The van der Waals surface area contributed by atoms with Crippen molar-refractivity contribution in [2.75, 3.05) is 19.7 Å². The Morgan fingerprint density at radius 1 is 1.18 bits per heavy atom. The highest BCUT2D eigenvalue weighted by Gasteiger charge is 2.29. The molecule has 1 saturated heterocycles. The molecule has 0 aliphatic carbocycles. The van der Waals surface area contributed by atoms with Gasteiger partial charge in [0, 0.05) is 6.54 Å². The molecule has 0 aromatic heterocycles. The lowest BCUT2D eigenvalue weighted by atomic mass is 9.88. The lowest BCUT2D eigenvalue weighted by Crippen LogP contribution is -2.40. The molecule has 1 aliphatic rings. The SMILES string of the molecule is CCOC(=O)[C@H]1CNCC[C@H]1C.O=C(O)[C@@H](O)[C@H](O)C(=O)O. The average molecular weight is 321 g/mol. The number of nitrogens with one attached hydrogen (secondary N) is 1. The van der Waals surface area contributed by atoms with Crippen molar-refractivity contribution in [3.05, 3.63) is 0 Å². The van der Waals surface area contributed by atoms with Gasteiger partial charge in [-0.15, -0.1) is 0 Å². The summed E-state index contributed by atoms with van der Waals surface area (Å²) in [6.45, 7) is 6.25. The summed E-state index contributed by atoms with van der Waals surface area (Å²) in [5.74, 6) is -3.05. The Morgan fingerprint density at radius 3 is 2.05 bits per heavy atom. The number of rotatable bonds is 5. The van der Waals surface area contributed by atoms with Gasteiger partial charge in [0.15, 0.2) is 12.2 Å². The maximum atomic E-state index is 11.3. The van der Waals surface area contributed by atoms with E-state index in [9.17, 15) is 14.4 Å². The summed E-state index contributed by atoms with van der Waals surface area (Å²) in [5, 5.41) is 35.7. The molecule has 1 fully saturated rings. The molecule has 0 bridgehead atoms. The van der Waals surface area contributed by atoms with Crippen LogP contribution in [-0.2, 0) is 19.1 Å². The van der Waals surface area contributed by atoms with Crippen molar-refractivity contribution in [1.29, 1.82) is 0 Å². The molecular weight excluding hydrogens is 298 g/mol. The highest BCUT2D eigenvalue weighted by molar-refractivity contribution is 5.83. The fourth-order valence-corrected chi connectivity index (χ4v) is 1.82. The third kappa shape index (κ3) is 6.83. The Bertz CT molecular complexity index is 368. The van der Waals surface area contributed by atoms with Crippen molar-refractivity contribution >= 4 is 17.9 Å². The number of carbonyl (C=O) groups excluding carboxylic acids is 1. The molecule has 128 valence electrons. The summed E-state index contributed by atoms with van der Waals surface area (Å²) >= 11 is 0. The lowest BCUT2D eigenvalue weighted by molar-refractivity contribution is -0.165. The molecule has 0 spiro atoms. The van der Waals surface area contributed by atoms with Crippen LogP contribution in [0.3, 0.4) is 0 Å². The van der Waals surface area contributed by atoms with Crippen molar-refractivity contribution in [3.63, 3.8) is 0 Å². The first-order chi connectivity index (χ1) is 10.2. The first-order valence-electron chi connectivity index (χ1n) is 6.91. The fraction of sp³-hybridized carbons (Fsp3) is 0.769. The van der Waals surface area contributed by atoms with Crippen LogP contribution in [0, 0.1) is 11.8 Å². The van der Waals surface area contributed by atoms with Gasteiger partial charge in [-0.1, -0.05) is 6.92 Å². The molecule has 5 N–H and O–H groups in total. The van der Waals surface area contributed by atoms with Crippen LogP contribution in [0.25, 0.3) is 0 Å². The molecule has 0 aromatic carbocycles. The highest BCUT2D eigenvalue weighted by Crippen LogP contribution is 2.19. The van der Waals surface area contributed by atoms with E-state index >= 15 is 0 Å². The number of esters is 1. The van der Waals surface area contributed by atoms with Gasteiger partial charge in [0.1, 0.15) is 0 Å². The summed E-state index contributed by atoms with van der Waals surface area (Å²) in [6, 6.07) is 0. The van der Waals surface area contributed by atoms with E-state index in [0.29, 0.717) is 12.5 Å². The van der Waals surface area contributed by atoms with Crippen LogP contribution in [0.2, 0.25) is 0 Å². The standard InChI is InChI=1S/C9H17NO2.C4H6O6/c1-3-12-9(11)8-6-10-5-4-7(8)2;5-1(3(7)8)2(6)4(9)10/h7-8,10H,3-6H2,1-2H3;1-2,5-6H,(H,7,8)(H,9,10)/t7-,8+;1-,2-/m10/s1. The molecule has 9 heteroatoms. The minimum Gasteiger partial charge on any atom is -0.479 e. The Labute approximate surface area is 127 Å². The van der Waals surface area contributed by atoms with Crippen LogP contribution in [0.1, 0.15) is 20.3 Å². The molecule has 1 heterocycles. The first kappa shape index (κ1) is 20.3. The molecule has 0 amide bonds. The molecule has 4 atom stereocenters. The Hall–Kier alpha value is -1.71. The van der Waals surface area contributed by atoms with Crippen molar-refractivity contribution in [1.82, 2.24) is 5.32 Å². The van der Waals surface area contributed by atoms with Crippen LogP contribution in [0.4, 0.5) is 0 Å². The zero-order valence-corrected chi connectivity index (χ0v) is 12.6. The highest BCUT2D eigenvalue weighted by atomic mass is 16.5. The predicted octanol–water partition coefficient (Wildman–Crippen LogP) is -1.33. The summed E-state index contributed by atoms with van der Waals surface area (Å²) in [7, 11) is 0. The largest absolute Gasteiger partial charge is 0.479 e.